The molecule has 3 fully saturated rings. The van der Waals surface area contributed by atoms with Crippen LogP contribution in [-0.4, -0.2) is 105 Å². The first-order chi connectivity index (χ1) is 16.7. The molecule has 3 atom stereocenters. The van der Waals surface area contributed by atoms with E-state index in [1.807, 2.05) is 45.0 Å². The number of rotatable bonds is 7. The van der Waals surface area contributed by atoms with Crippen molar-refractivity contribution in [3.63, 3.8) is 0 Å². The summed E-state index contributed by atoms with van der Waals surface area (Å²) in [6, 6.07) is 6.28. The van der Waals surface area contributed by atoms with Crippen molar-refractivity contribution in [2.45, 2.75) is 45.4 Å². The van der Waals surface area contributed by atoms with Gasteiger partial charge in [0.1, 0.15) is 18.7 Å². The number of amides is 2. The number of hydrogen-bond donors (Lipinski definition) is 1. The second-order valence-corrected chi connectivity index (χ2v) is 10.7. The van der Waals surface area contributed by atoms with E-state index in [-0.39, 0.29) is 30.3 Å². The Labute approximate surface area is 207 Å². The number of ketones is 1. The Balaban J connectivity index is 1.39. The SMILES string of the molecule is COCCN1CCN(c2ccc(C(=O)N[C@H](C(=O)N3CC[C@H]4OCC(=O)[C@H]43)C(C)(C)C)cc2)CC1. The summed E-state index contributed by atoms with van der Waals surface area (Å²) in [5.41, 5.74) is 1.07. The molecule has 35 heavy (non-hydrogen) atoms. The standard InChI is InChI=1S/C26H38N4O5/c1-26(2,3)23(25(33)30-10-9-21-22(30)20(31)17-35-21)27-24(32)18-5-7-19(8-6-18)29-13-11-28(12-14-29)15-16-34-4/h5-8,21-23H,9-17H2,1-4H3,(H,27,32)/t21-,22-,23-/m1/s1. The van der Waals surface area contributed by atoms with Gasteiger partial charge in [0.2, 0.25) is 5.91 Å². The first-order valence-electron chi connectivity index (χ1n) is 12.5. The summed E-state index contributed by atoms with van der Waals surface area (Å²) in [6.07, 6.45) is 0.423. The lowest BCUT2D eigenvalue weighted by atomic mass is 9.85. The molecular formula is C26H38N4O5. The largest absolute Gasteiger partial charge is 0.383 e. The van der Waals surface area contributed by atoms with Crippen molar-refractivity contribution in [2.24, 2.45) is 5.41 Å². The lowest BCUT2D eigenvalue weighted by Crippen LogP contribution is -2.57. The van der Waals surface area contributed by atoms with Gasteiger partial charge in [0.25, 0.3) is 5.91 Å². The third-order valence-electron chi connectivity index (χ3n) is 7.26. The van der Waals surface area contributed by atoms with Crippen LogP contribution in [0.3, 0.4) is 0 Å². The van der Waals surface area contributed by atoms with Gasteiger partial charge in [-0.15, -0.1) is 0 Å². The first kappa shape index (κ1) is 25.6. The molecule has 0 unspecified atom stereocenters. The molecule has 3 saturated heterocycles. The van der Waals surface area contributed by atoms with Gasteiger partial charge < -0.3 is 24.6 Å². The summed E-state index contributed by atoms with van der Waals surface area (Å²) in [5.74, 6) is -0.575. The van der Waals surface area contributed by atoms with Gasteiger partial charge in [0.05, 0.1) is 12.7 Å². The molecule has 0 aliphatic carbocycles. The Morgan fingerprint density at radius 3 is 2.43 bits per heavy atom. The van der Waals surface area contributed by atoms with Crippen molar-refractivity contribution in [1.29, 1.82) is 0 Å². The van der Waals surface area contributed by atoms with Crippen molar-refractivity contribution in [3.8, 4) is 0 Å². The predicted octanol–water partition coefficient (Wildman–Crippen LogP) is 1.17. The van der Waals surface area contributed by atoms with Gasteiger partial charge in [-0.2, -0.15) is 0 Å². The monoisotopic (exact) mass is 486 g/mol. The number of likely N-dealkylation sites (tertiary alicyclic amines) is 1. The third kappa shape index (κ3) is 5.68. The lowest BCUT2D eigenvalue weighted by Gasteiger charge is -2.36. The maximum Gasteiger partial charge on any atom is 0.251 e. The van der Waals surface area contributed by atoms with E-state index in [0.29, 0.717) is 18.5 Å². The lowest BCUT2D eigenvalue weighted by molar-refractivity contribution is -0.140. The summed E-state index contributed by atoms with van der Waals surface area (Å²) in [4.78, 5) is 45.2. The molecule has 1 aromatic rings. The van der Waals surface area contributed by atoms with Gasteiger partial charge in [-0.3, -0.25) is 19.3 Å². The maximum atomic E-state index is 13.5. The fourth-order valence-electron chi connectivity index (χ4n) is 5.14. The van der Waals surface area contributed by atoms with Gasteiger partial charge in [-0.1, -0.05) is 20.8 Å². The quantitative estimate of drug-likeness (QED) is 0.619. The van der Waals surface area contributed by atoms with Crippen LogP contribution in [0.5, 0.6) is 0 Å². The van der Waals surface area contributed by atoms with Crippen molar-refractivity contribution < 1.29 is 23.9 Å². The van der Waals surface area contributed by atoms with E-state index in [9.17, 15) is 14.4 Å². The maximum absolute atomic E-state index is 13.5. The molecule has 3 aliphatic rings. The molecule has 0 spiro atoms. The minimum atomic E-state index is -0.748. The van der Waals surface area contributed by atoms with Crippen LogP contribution in [0.1, 0.15) is 37.6 Å². The smallest absolute Gasteiger partial charge is 0.251 e. The molecule has 0 radical (unpaired) electrons. The highest BCUT2D eigenvalue weighted by atomic mass is 16.5. The summed E-state index contributed by atoms with van der Waals surface area (Å²) >= 11 is 0. The molecule has 9 nitrogen and oxygen atoms in total. The Bertz CT molecular complexity index is 921. The summed E-state index contributed by atoms with van der Waals surface area (Å²) in [6.45, 7) is 11.8. The molecular weight excluding hydrogens is 448 g/mol. The highest BCUT2D eigenvalue weighted by molar-refractivity contribution is 5.99. The molecule has 1 N–H and O–H groups in total. The van der Waals surface area contributed by atoms with Crippen molar-refractivity contribution >= 4 is 23.3 Å². The number of carbonyl (C=O) groups is 3. The number of hydrogen-bond acceptors (Lipinski definition) is 7. The Kier molecular flexibility index (Phi) is 7.78. The fourth-order valence-corrected chi connectivity index (χ4v) is 5.14. The normalized spacial score (nSPS) is 23.9. The minimum Gasteiger partial charge on any atom is -0.383 e. The fraction of sp³-hybridized carbons (Fsp3) is 0.654. The second-order valence-electron chi connectivity index (χ2n) is 10.7. The van der Waals surface area contributed by atoms with Gasteiger partial charge >= 0.3 is 0 Å². The zero-order chi connectivity index (χ0) is 25.2. The van der Waals surface area contributed by atoms with Crippen LogP contribution in [0.4, 0.5) is 5.69 Å². The molecule has 1 aromatic carbocycles. The molecule has 9 heteroatoms. The average Bonchev–Trinajstić information content (AvgIpc) is 3.43. The van der Waals surface area contributed by atoms with Crippen LogP contribution in [0.2, 0.25) is 0 Å². The summed E-state index contributed by atoms with van der Waals surface area (Å²) in [5, 5.41) is 2.95. The predicted molar refractivity (Wildman–Crippen MR) is 133 cm³/mol. The second kappa shape index (κ2) is 10.6. The molecule has 3 heterocycles. The molecule has 192 valence electrons. The van der Waals surface area contributed by atoms with E-state index >= 15 is 0 Å². The van der Waals surface area contributed by atoms with Crippen LogP contribution >= 0.6 is 0 Å². The number of fused-ring (bicyclic) bond motifs is 1. The number of anilines is 1. The van der Waals surface area contributed by atoms with Gasteiger partial charge in [0, 0.05) is 57.6 Å². The van der Waals surface area contributed by atoms with Crippen LogP contribution in [0.25, 0.3) is 0 Å². The number of benzene rings is 1. The molecule has 0 saturated carbocycles. The Hall–Kier alpha value is -2.49. The third-order valence-corrected chi connectivity index (χ3v) is 7.26. The van der Waals surface area contributed by atoms with E-state index < -0.39 is 17.5 Å². The zero-order valence-corrected chi connectivity index (χ0v) is 21.3. The number of nitrogens with one attached hydrogen (secondary N) is 1. The van der Waals surface area contributed by atoms with Gasteiger partial charge in [-0.05, 0) is 36.1 Å². The number of nitrogens with zero attached hydrogens (tertiary/aromatic N) is 3. The first-order valence-corrected chi connectivity index (χ1v) is 12.5. The van der Waals surface area contributed by atoms with Crippen molar-refractivity contribution in [1.82, 2.24) is 15.1 Å². The molecule has 2 amide bonds. The minimum absolute atomic E-state index is 0.0558. The molecule has 0 aromatic heterocycles. The molecule has 0 bridgehead atoms. The van der Waals surface area contributed by atoms with Crippen LogP contribution in [0.15, 0.2) is 24.3 Å². The highest BCUT2D eigenvalue weighted by Crippen LogP contribution is 2.30. The van der Waals surface area contributed by atoms with E-state index in [4.69, 9.17) is 9.47 Å². The number of ether oxygens (including phenoxy) is 2. The summed E-state index contributed by atoms with van der Waals surface area (Å²) in [7, 11) is 1.72. The van der Waals surface area contributed by atoms with E-state index in [2.05, 4.69) is 15.1 Å². The Morgan fingerprint density at radius 1 is 1.11 bits per heavy atom. The van der Waals surface area contributed by atoms with Gasteiger partial charge in [-0.25, -0.2) is 0 Å². The average molecular weight is 487 g/mol. The summed E-state index contributed by atoms with van der Waals surface area (Å²) < 4.78 is 10.7. The zero-order valence-electron chi connectivity index (χ0n) is 21.3. The van der Waals surface area contributed by atoms with E-state index in [1.54, 1.807) is 12.0 Å². The van der Waals surface area contributed by atoms with Gasteiger partial charge in [0.15, 0.2) is 5.78 Å². The number of piperazine rings is 1. The van der Waals surface area contributed by atoms with Crippen LogP contribution in [0, 0.1) is 5.41 Å². The van der Waals surface area contributed by atoms with E-state index in [0.717, 1.165) is 45.0 Å². The van der Waals surface area contributed by atoms with Crippen LogP contribution in [-0.2, 0) is 19.1 Å². The molecule has 4 rings (SSSR count). The topological polar surface area (TPSA) is 91.4 Å². The van der Waals surface area contributed by atoms with Crippen LogP contribution < -0.4 is 10.2 Å². The highest BCUT2D eigenvalue weighted by Gasteiger charge is 2.49. The Morgan fingerprint density at radius 2 is 1.80 bits per heavy atom. The number of carbonyl (C=O) groups excluding carboxylic acids is 3. The number of methoxy groups -OCH3 is 1. The number of Topliss-reactive ketones (excluding diaryl/α,β-unsaturated/α-hetero) is 1. The van der Waals surface area contributed by atoms with Crippen molar-refractivity contribution in [2.75, 3.05) is 64.5 Å². The van der Waals surface area contributed by atoms with Crippen molar-refractivity contribution in [3.05, 3.63) is 29.8 Å². The molecule has 3 aliphatic heterocycles. The van der Waals surface area contributed by atoms with E-state index in [1.165, 1.54) is 0 Å².